The number of rotatable bonds is 3. The molecule has 0 radical (unpaired) electrons. The zero-order valence-electron chi connectivity index (χ0n) is 7.40. The summed E-state index contributed by atoms with van der Waals surface area (Å²) >= 11 is 0. The number of amidine groups is 1. The van der Waals surface area contributed by atoms with E-state index in [0.717, 1.165) is 0 Å². The van der Waals surface area contributed by atoms with Gasteiger partial charge in [-0.1, -0.05) is 18.2 Å². The summed E-state index contributed by atoms with van der Waals surface area (Å²) < 4.78 is 23.1. The van der Waals surface area contributed by atoms with Crippen LogP contribution < -0.4 is 11.3 Å². The lowest BCUT2D eigenvalue weighted by molar-refractivity contribution is 0.599. The number of nitrogens with one attached hydrogen (secondary N) is 2. The maximum absolute atomic E-state index is 11.6. The molecule has 0 saturated carbocycles. The molecule has 1 aromatic rings. The van der Waals surface area contributed by atoms with Gasteiger partial charge in [0.15, 0.2) is 9.84 Å². The Labute approximate surface area is 82.3 Å². The minimum atomic E-state index is -3.44. The van der Waals surface area contributed by atoms with Crippen molar-refractivity contribution in [3.05, 3.63) is 30.3 Å². The first-order valence-corrected chi connectivity index (χ1v) is 5.53. The van der Waals surface area contributed by atoms with Crippen molar-refractivity contribution in [1.29, 1.82) is 5.41 Å². The first kappa shape index (κ1) is 10.7. The topological polar surface area (TPSA) is 96.0 Å². The summed E-state index contributed by atoms with van der Waals surface area (Å²) in [5.74, 6) is 4.28. The molecule has 0 aliphatic rings. The van der Waals surface area contributed by atoms with E-state index in [1.165, 1.54) is 12.1 Å². The highest BCUT2D eigenvalue weighted by Gasteiger charge is 2.15. The standard InChI is InChI=1S/C8H11N3O2S/c9-8(11-10)6-14(12,13)7-4-2-1-3-5-7/h1-5H,6,10H2,(H2,9,11). The maximum Gasteiger partial charge on any atom is 0.185 e. The van der Waals surface area contributed by atoms with Gasteiger partial charge in [-0.2, -0.15) is 0 Å². The van der Waals surface area contributed by atoms with Crippen molar-refractivity contribution < 1.29 is 8.42 Å². The second-order valence-electron chi connectivity index (χ2n) is 2.70. The van der Waals surface area contributed by atoms with Gasteiger partial charge in [-0.05, 0) is 12.1 Å². The van der Waals surface area contributed by atoms with Crippen LogP contribution in [0.5, 0.6) is 0 Å². The Kier molecular flexibility index (Phi) is 3.21. The van der Waals surface area contributed by atoms with E-state index in [2.05, 4.69) is 0 Å². The Bertz CT molecular complexity index is 413. The second-order valence-corrected chi connectivity index (χ2v) is 4.68. The molecule has 0 aromatic heterocycles. The molecular formula is C8H11N3O2S. The molecule has 0 heterocycles. The van der Waals surface area contributed by atoms with E-state index >= 15 is 0 Å². The van der Waals surface area contributed by atoms with Crippen molar-refractivity contribution in [2.24, 2.45) is 5.84 Å². The van der Waals surface area contributed by atoms with Gasteiger partial charge in [-0.25, -0.2) is 14.3 Å². The third-order valence-electron chi connectivity index (χ3n) is 1.61. The molecule has 0 bridgehead atoms. The highest BCUT2D eigenvalue weighted by molar-refractivity contribution is 7.92. The second kappa shape index (κ2) is 4.21. The highest BCUT2D eigenvalue weighted by atomic mass is 32.2. The average molecular weight is 213 g/mol. The van der Waals surface area contributed by atoms with Gasteiger partial charge in [0.25, 0.3) is 0 Å². The molecule has 0 amide bonds. The Balaban J connectivity index is 2.93. The minimum absolute atomic E-state index is 0.194. The summed E-state index contributed by atoms with van der Waals surface area (Å²) in [7, 11) is -3.44. The van der Waals surface area contributed by atoms with Crippen molar-refractivity contribution in [2.45, 2.75) is 4.90 Å². The van der Waals surface area contributed by atoms with E-state index < -0.39 is 15.6 Å². The Morgan fingerprint density at radius 1 is 1.36 bits per heavy atom. The molecule has 0 spiro atoms. The molecule has 4 N–H and O–H groups in total. The molecule has 0 aliphatic heterocycles. The highest BCUT2D eigenvalue weighted by Crippen LogP contribution is 2.09. The zero-order valence-corrected chi connectivity index (χ0v) is 8.21. The Hall–Kier alpha value is -1.40. The number of hydrogen-bond donors (Lipinski definition) is 3. The van der Waals surface area contributed by atoms with Crippen LogP contribution >= 0.6 is 0 Å². The molecule has 1 aromatic carbocycles. The molecule has 0 aliphatic carbocycles. The van der Waals surface area contributed by atoms with Crippen LogP contribution in [-0.4, -0.2) is 20.0 Å². The van der Waals surface area contributed by atoms with Gasteiger partial charge < -0.3 is 5.43 Å². The molecule has 0 saturated heterocycles. The van der Waals surface area contributed by atoms with Crippen LogP contribution in [0.15, 0.2) is 35.2 Å². The van der Waals surface area contributed by atoms with Crippen molar-refractivity contribution in [1.82, 2.24) is 5.43 Å². The van der Waals surface area contributed by atoms with Gasteiger partial charge in [0, 0.05) is 0 Å². The normalized spacial score (nSPS) is 10.9. The predicted molar refractivity (Wildman–Crippen MR) is 53.5 cm³/mol. The number of sulfone groups is 1. The summed E-state index contributed by atoms with van der Waals surface area (Å²) in [5.41, 5.74) is 1.99. The summed E-state index contributed by atoms with van der Waals surface area (Å²) in [5, 5.41) is 7.13. The van der Waals surface area contributed by atoms with Gasteiger partial charge in [0.05, 0.1) is 4.90 Å². The van der Waals surface area contributed by atoms with Crippen LogP contribution in [0.25, 0.3) is 0 Å². The van der Waals surface area contributed by atoms with Crippen molar-refractivity contribution >= 4 is 15.7 Å². The number of hydrazine groups is 1. The fourth-order valence-corrected chi connectivity index (χ4v) is 2.14. The SMILES string of the molecule is N=C(CS(=O)(=O)c1ccccc1)NN. The smallest absolute Gasteiger partial charge is 0.185 e. The van der Waals surface area contributed by atoms with E-state index in [0.29, 0.717) is 0 Å². The molecule has 14 heavy (non-hydrogen) atoms. The van der Waals surface area contributed by atoms with Crippen LogP contribution in [-0.2, 0) is 9.84 Å². The summed E-state index contributed by atoms with van der Waals surface area (Å²) in [6.45, 7) is 0. The number of nitrogens with two attached hydrogens (primary N) is 1. The van der Waals surface area contributed by atoms with Crippen molar-refractivity contribution in [3.63, 3.8) is 0 Å². The van der Waals surface area contributed by atoms with Gasteiger partial charge in [0.2, 0.25) is 0 Å². The van der Waals surface area contributed by atoms with Gasteiger partial charge in [-0.15, -0.1) is 0 Å². The van der Waals surface area contributed by atoms with E-state index in [-0.39, 0.29) is 10.7 Å². The van der Waals surface area contributed by atoms with E-state index in [4.69, 9.17) is 11.3 Å². The van der Waals surface area contributed by atoms with Gasteiger partial charge in [0.1, 0.15) is 11.6 Å². The average Bonchev–Trinajstić information content (AvgIpc) is 2.18. The molecule has 6 heteroatoms. The molecule has 1 rings (SSSR count). The quantitative estimate of drug-likeness (QED) is 0.283. The molecule has 5 nitrogen and oxygen atoms in total. The summed E-state index contributed by atoms with van der Waals surface area (Å²) in [6, 6.07) is 7.96. The zero-order chi connectivity index (χ0) is 10.6. The third kappa shape index (κ3) is 2.54. The van der Waals surface area contributed by atoms with Gasteiger partial charge >= 0.3 is 0 Å². The molecule has 0 unspecified atom stereocenters. The Morgan fingerprint density at radius 3 is 2.43 bits per heavy atom. The third-order valence-corrected chi connectivity index (χ3v) is 3.27. The van der Waals surface area contributed by atoms with E-state index in [1.54, 1.807) is 18.2 Å². The van der Waals surface area contributed by atoms with Crippen LogP contribution in [0.4, 0.5) is 0 Å². The maximum atomic E-state index is 11.6. The molecular weight excluding hydrogens is 202 g/mol. The lowest BCUT2D eigenvalue weighted by Crippen LogP contribution is -2.34. The van der Waals surface area contributed by atoms with Gasteiger partial charge in [-0.3, -0.25) is 5.41 Å². The van der Waals surface area contributed by atoms with Crippen molar-refractivity contribution in [3.8, 4) is 0 Å². The monoisotopic (exact) mass is 213 g/mol. The summed E-state index contributed by atoms with van der Waals surface area (Å²) in [4.78, 5) is 0.194. The Morgan fingerprint density at radius 2 is 1.93 bits per heavy atom. The summed E-state index contributed by atoms with van der Waals surface area (Å²) in [6.07, 6.45) is 0. The van der Waals surface area contributed by atoms with Crippen LogP contribution in [0.1, 0.15) is 0 Å². The molecule has 0 fully saturated rings. The molecule has 0 atom stereocenters. The van der Waals surface area contributed by atoms with Crippen LogP contribution in [0.3, 0.4) is 0 Å². The van der Waals surface area contributed by atoms with Crippen LogP contribution in [0.2, 0.25) is 0 Å². The van der Waals surface area contributed by atoms with E-state index in [1.807, 2.05) is 5.43 Å². The lowest BCUT2D eigenvalue weighted by Gasteiger charge is -2.04. The van der Waals surface area contributed by atoms with Crippen LogP contribution in [0, 0.1) is 5.41 Å². The minimum Gasteiger partial charge on any atom is -0.312 e. The predicted octanol–water partition coefficient (Wildman–Crippen LogP) is -0.0991. The first-order valence-electron chi connectivity index (χ1n) is 3.88. The number of hydrogen-bond acceptors (Lipinski definition) is 4. The lowest BCUT2D eigenvalue weighted by atomic mass is 10.4. The molecule has 76 valence electrons. The fourth-order valence-electron chi connectivity index (χ4n) is 0.943. The van der Waals surface area contributed by atoms with E-state index in [9.17, 15) is 8.42 Å². The largest absolute Gasteiger partial charge is 0.312 e. The fraction of sp³-hybridized carbons (Fsp3) is 0.125. The number of benzene rings is 1. The first-order chi connectivity index (χ1) is 6.56. The van der Waals surface area contributed by atoms with Crippen molar-refractivity contribution in [2.75, 3.05) is 5.75 Å².